The largest absolute Gasteiger partial charge is 0.359 e. The Balaban J connectivity index is 3.03. The first kappa shape index (κ1) is 13.4. The molecule has 0 bridgehead atoms. The maximum absolute atomic E-state index is 5.05. The zero-order valence-electron chi connectivity index (χ0n) is 8.88. The summed E-state index contributed by atoms with van der Waals surface area (Å²) < 4.78 is 19.5. The maximum Gasteiger partial charge on any atom is 0.146 e. The molecule has 0 aromatic heterocycles. The second-order valence-electron chi connectivity index (χ2n) is 2.48. The fraction of sp³-hybridized carbons (Fsp3) is 0.800. The lowest BCUT2D eigenvalue weighted by Gasteiger charge is -1.98. The zero-order chi connectivity index (χ0) is 10.5. The van der Waals surface area contributed by atoms with Crippen LogP contribution in [-0.2, 0) is 18.9 Å². The Kier molecular flexibility index (Phi) is 11.9. The SMILES string of the molecule is COCOCCC#CCCOCOC. The molecule has 4 nitrogen and oxygen atoms in total. The first-order valence-electron chi connectivity index (χ1n) is 4.51. The molecule has 82 valence electrons. The van der Waals surface area contributed by atoms with E-state index in [1.54, 1.807) is 14.2 Å². The molecule has 0 spiro atoms. The Bertz CT molecular complexity index is 143. The average molecular weight is 202 g/mol. The van der Waals surface area contributed by atoms with Gasteiger partial charge in [0.15, 0.2) is 0 Å². The minimum absolute atomic E-state index is 0.332. The monoisotopic (exact) mass is 202 g/mol. The molecule has 0 aliphatic carbocycles. The number of hydrogen-bond acceptors (Lipinski definition) is 4. The number of methoxy groups -OCH3 is 2. The fourth-order valence-electron chi connectivity index (χ4n) is 0.708. The van der Waals surface area contributed by atoms with Crippen molar-refractivity contribution in [3.63, 3.8) is 0 Å². The summed E-state index contributed by atoms with van der Waals surface area (Å²) in [4.78, 5) is 0. The predicted octanol–water partition coefficient (Wildman–Crippen LogP) is 1.01. The van der Waals surface area contributed by atoms with E-state index < -0.39 is 0 Å². The van der Waals surface area contributed by atoms with Crippen LogP contribution in [0.4, 0.5) is 0 Å². The van der Waals surface area contributed by atoms with Crippen molar-refractivity contribution in [1.82, 2.24) is 0 Å². The molecule has 0 aromatic carbocycles. The Labute approximate surface area is 85.5 Å². The molecular formula is C10H18O4. The van der Waals surface area contributed by atoms with Crippen molar-refractivity contribution in [2.75, 3.05) is 41.0 Å². The second-order valence-corrected chi connectivity index (χ2v) is 2.48. The van der Waals surface area contributed by atoms with E-state index in [0.717, 1.165) is 12.8 Å². The maximum atomic E-state index is 5.05. The zero-order valence-corrected chi connectivity index (χ0v) is 8.88. The molecule has 0 saturated heterocycles. The van der Waals surface area contributed by atoms with Gasteiger partial charge in [-0.3, -0.25) is 0 Å². The van der Waals surface area contributed by atoms with Gasteiger partial charge in [0, 0.05) is 27.1 Å². The highest BCUT2D eigenvalue weighted by atomic mass is 16.7. The van der Waals surface area contributed by atoms with Crippen LogP contribution in [0.1, 0.15) is 12.8 Å². The Morgan fingerprint density at radius 3 is 1.57 bits per heavy atom. The fourth-order valence-corrected chi connectivity index (χ4v) is 0.708. The van der Waals surface area contributed by atoms with Gasteiger partial charge in [-0.25, -0.2) is 0 Å². The van der Waals surface area contributed by atoms with Crippen LogP contribution in [-0.4, -0.2) is 41.0 Å². The van der Waals surface area contributed by atoms with E-state index in [1.807, 2.05) is 0 Å². The summed E-state index contributed by atoms with van der Waals surface area (Å²) in [5.74, 6) is 5.94. The summed E-state index contributed by atoms with van der Waals surface area (Å²) in [5, 5.41) is 0. The van der Waals surface area contributed by atoms with Gasteiger partial charge in [0.05, 0.1) is 13.2 Å². The molecular weight excluding hydrogens is 184 g/mol. The van der Waals surface area contributed by atoms with E-state index in [0.29, 0.717) is 26.8 Å². The normalized spacial score (nSPS) is 9.57. The predicted molar refractivity (Wildman–Crippen MR) is 52.7 cm³/mol. The Hall–Kier alpha value is -0.600. The van der Waals surface area contributed by atoms with Crippen molar-refractivity contribution in [3.05, 3.63) is 0 Å². The molecule has 0 N–H and O–H groups in total. The van der Waals surface area contributed by atoms with Crippen LogP contribution in [0.2, 0.25) is 0 Å². The van der Waals surface area contributed by atoms with Crippen LogP contribution >= 0.6 is 0 Å². The van der Waals surface area contributed by atoms with Gasteiger partial charge in [-0.1, -0.05) is 0 Å². The third kappa shape index (κ3) is 11.4. The van der Waals surface area contributed by atoms with E-state index in [2.05, 4.69) is 11.8 Å². The Morgan fingerprint density at radius 2 is 1.21 bits per heavy atom. The smallest absolute Gasteiger partial charge is 0.146 e. The number of hydrogen-bond donors (Lipinski definition) is 0. The van der Waals surface area contributed by atoms with Gasteiger partial charge < -0.3 is 18.9 Å². The lowest BCUT2D eigenvalue weighted by atomic mass is 10.4. The number of rotatable bonds is 8. The highest BCUT2D eigenvalue weighted by molar-refractivity contribution is 4.98. The highest BCUT2D eigenvalue weighted by Gasteiger charge is 1.83. The van der Waals surface area contributed by atoms with E-state index in [9.17, 15) is 0 Å². The molecule has 0 aliphatic heterocycles. The molecule has 0 fully saturated rings. The van der Waals surface area contributed by atoms with E-state index in [-0.39, 0.29) is 0 Å². The van der Waals surface area contributed by atoms with Crippen molar-refractivity contribution >= 4 is 0 Å². The lowest BCUT2D eigenvalue weighted by molar-refractivity contribution is -0.0287. The van der Waals surface area contributed by atoms with Crippen LogP contribution in [0.3, 0.4) is 0 Å². The third-order valence-corrected chi connectivity index (χ3v) is 1.27. The third-order valence-electron chi connectivity index (χ3n) is 1.27. The quantitative estimate of drug-likeness (QED) is 0.334. The van der Waals surface area contributed by atoms with Gasteiger partial charge in [0.2, 0.25) is 0 Å². The molecule has 4 heteroatoms. The van der Waals surface area contributed by atoms with Crippen molar-refractivity contribution in [2.45, 2.75) is 12.8 Å². The van der Waals surface area contributed by atoms with Crippen LogP contribution in [0.25, 0.3) is 0 Å². The van der Waals surface area contributed by atoms with Gasteiger partial charge >= 0.3 is 0 Å². The van der Waals surface area contributed by atoms with Crippen molar-refractivity contribution in [3.8, 4) is 11.8 Å². The van der Waals surface area contributed by atoms with E-state index in [1.165, 1.54) is 0 Å². The van der Waals surface area contributed by atoms with Crippen LogP contribution in [0.5, 0.6) is 0 Å². The van der Waals surface area contributed by atoms with Gasteiger partial charge in [-0.15, -0.1) is 11.8 Å². The molecule has 0 rings (SSSR count). The second kappa shape index (κ2) is 12.4. The topological polar surface area (TPSA) is 36.9 Å². The van der Waals surface area contributed by atoms with E-state index in [4.69, 9.17) is 18.9 Å². The summed E-state index contributed by atoms with van der Waals surface area (Å²) in [6.07, 6.45) is 1.46. The summed E-state index contributed by atoms with van der Waals surface area (Å²) in [7, 11) is 3.19. The van der Waals surface area contributed by atoms with Crippen molar-refractivity contribution < 1.29 is 18.9 Å². The molecule has 0 saturated carbocycles. The van der Waals surface area contributed by atoms with Gasteiger partial charge in [0.1, 0.15) is 13.6 Å². The average Bonchev–Trinajstić information content (AvgIpc) is 2.21. The lowest BCUT2D eigenvalue weighted by Crippen LogP contribution is -1.98. The van der Waals surface area contributed by atoms with Crippen LogP contribution < -0.4 is 0 Å². The molecule has 0 heterocycles. The minimum Gasteiger partial charge on any atom is -0.359 e. The molecule has 0 aromatic rings. The van der Waals surface area contributed by atoms with Crippen LogP contribution in [0.15, 0.2) is 0 Å². The molecule has 0 aliphatic rings. The summed E-state index contributed by atoms with van der Waals surface area (Å²) in [5.41, 5.74) is 0. The van der Waals surface area contributed by atoms with Crippen molar-refractivity contribution in [2.24, 2.45) is 0 Å². The number of ether oxygens (including phenoxy) is 4. The molecule has 0 amide bonds. The van der Waals surface area contributed by atoms with Gasteiger partial charge in [-0.05, 0) is 0 Å². The standard InChI is InChI=1S/C10H18O4/c1-11-9-13-7-5-3-4-6-8-14-10-12-2/h5-10H2,1-2H3. The van der Waals surface area contributed by atoms with Crippen LogP contribution in [0, 0.1) is 11.8 Å². The summed E-state index contributed by atoms with van der Waals surface area (Å²) in [6.45, 7) is 1.89. The van der Waals surface area contributed by atoms with E-state index >= 15 is 0 Å². The van der Waals surface area contributed by atoms with Gasteiger partial charge in [-0.2, -0.15) is 0 Å². The molecule has 0 atom stereocenters. The molecule has 14 heavy (non-hydrogen) atoms. The first-order chi connectivity index (χ1) is 6.91. The molecule has 0 radical (unpaired) electrons. The van der Waals surface area contributed by atoms with Gasteiger partial charge in [0.25, 0.3) is 0 Å². The summed E-state index contributed by atoms with van der Waals surface area (Å²) >= 11 is 0. The van der Waals surface area contributed by atoms with Crippen molar-refractivity contribution in [1.29, 1.82) is 0 Å². The molecule has 0 unspecified atom stereocenters. The highest BCUT2D eigenvalue weighted by Crippen LogP contribution is 1.83. The Morgan fingerprint density at radius 1 is 0.786 bits per heavy atom. The summed E-state index contributed by atoms with van der Waals surface area (Å²) in [6, 6.07) is 0. The first-order valence-corrected chi connectivity index (χ1v) is 4.51. The minimum atomic E-state index is 0.332.